The van der Waals surface area contributed by atoms with Crippen LogP contribution >= 0.6 is 11.3 Å². The fourth-order valence-electron chi connectivity index (χ4n) is 2.78. The lowest BCUT2D eigenvalue weighted by molar-refractivity contribution is 0.128. The normalized spacial score (nSPS) is 15.0. The summed E-state index contributed by atoms with van der Waals surface area (Å²) in [5, 5.41) is 2.05. The van der Waals surface area contributed by atoms with E-state index in [1.54, 1.807) is 11.3 Å². The predicted octanol–water partition coefficient (Wildman–Crippen LogP) is 4.69. The van der Waals surface area contributed by atoms with Crippen molar-refractivity contribution in [3.05, 3.63) is 52.7 Å². The Bertz CT molecular complexity index is 562. The smallest absolute Gasteiger partial charge is 0.410 e. The van der Waals surface area contributed by atoms with Gasteiger partial charge in [0.05, 0.1) is 6.54 Å². The fraction of sp³-hybridized carbons (Fsp3) is 0.353. The van der Waals surface area contributed by atoms with Gasteiger partial charge in [0.2, 0.25) is 0 Å². The third-order valence-corrected chi connectivity index (χ3v) is 4.72. The van der Waals surface area contributed by atoms with Crippen LogP contribution in [0.2, 0.25) is 0 Å². The van der Waals surface area contributed by atoms with Crippen molar-refractivity contribution in [3.8, 4) is 5.75 Å². The van der Waals surface area contributed by atoms with Crippen LogP contribution in [0.25, 0.3) is 0 Å². The van der Waals surface area contributed by atoms with E-state index < -0.39 is 0 Å². The van der Waals surface area contributed by atoms with Gasteiger partial charge in [-0.05, 0) is 36.4 Å². The summed E-state index contributed by atoms with van der Waals surface area (Å²) >= 11 is 1.68. The van der Waals surface area contributed by atoms with Gasteiger partial charge in [-0.1, -0.05) is 37.1 Å². The van der Waals surface area contributed by atoms with Crippen molar-refractivity contribution in [2.45, 2.75) is 38.3 Å². The van der Waals surface area contributed by atoms with Gasteiger partial charge < -0.3 is 4.74 Å². The second-order valence-corrected chi connectivity index (χ2v) is 6.36. The molecular formula is C17H19NO2S. The maximum Gasteiger partial charge on any atom is 0.415 e. The molecular weight excluding hydrogens is 282 g/mol. The Kier molecular flexibility index (Phi) is 4.55. The number of nitrogens with zero attached hydrogens (tertiary/aromatic N) is 1. The van der Waals surface area contributed by atoms with Gasteiger partial charge in [-0.2, -0.15) is 0 Å². The molecule has 1 aliphatic rings. The molecule has 0 atom stereocenters. The van der Waals surface area contributed by atoms with Crippen LogP contribution in [0.5, 0.6) is 5.75 Å². The van der Waals surface area contributed by atoms with Crippen LogP contribution in [0.3, 0.4) is 0 Å². The Morgan fingerprint density at radius 2 is 1.90 bits per heavy atom. The van der Waals surface area contributed by atoms with E-state index >= 15 is 0 Å². The summed E-state index contributed by atoms with van der Waals surface area (Å²) in [6.45, 7) is 0.647. The van der Waals surface area contributed by atoms with Crippen LogP contribution in [0.4, 0.5) is 4.79 Å². The van der Waals surface area contributed by atoms with E-state index in [2.05, 4.69) is 6.07 Å². The lowest BCUT2D eigenvalue weighted by atomic mass is 10.2. The van der Waals surface area contributed by atoms with Gasteiger partial charge in [0.25, 0.3) is 0 Å². The topological polar surface area (TPSA) is 29.5 Å². The quantitative estimate of drug-likeness (QED) is 0.819. The summed E-state index contributed by atoms with van der Waals surface area (Å²) in [4.78, 5) is 15.6. The largest absolute Gasteiger partial charge is 0.415 e. The van der Waals surface area contributed by atoms with Gasteiger partial charge in [-0.3, -0.25) is 4.90 Å². The Hall–Kier alpha value is -1.81. The minimum atomic E-state index is -0.235. The van der Waals surface area contributed by atoms with E-state index in [-0.39, 0.29) is 6.09 Å². The molecule has 0 spiro atoms. The van der Waals surface area contributed by atoms with E-state index in [0.29, 0.717) is 18.3 Å². The SMILES string of the molecule is O=C(Oc1ccccc1)N(Cc1cccs1)C1CCCC1. The first kappa shape index (κ1) is 14.1. The fourth-order valence-corrected chi connectivity index (χ4v) is 3.48. The van der Waals surface area contributed by atoms with Crippen molar-refractivity contribution in [2.75, 3.05) is 0 Å². The maximum atomic E-state index is 12.5. The Balaban J connectivity index is 1.72. The second-order valence-electron chi connectivity index (χ2n) is 5.33. The third kappa shape index (κ3) is 3.64. The Labute approximate surface area is 129 Å². The van der Waals surface area contributed by atoms with Crippen molar-refractivity contribution in [2.24, 2.45) is 0 Å². The number of carbonyl (C=O) groups excluding carboxylic acids is 1. The van der Waals surface area contributed by atoms with Crippen molar-refractivity contribution in [1.29, 1.82) is 0 Å². The zero-order valence-corrected chi connectivity index (χ0v) is 12.7. The molecule has 1 saturated carbocycles. The minimum absolute atomic E-state index is 0.235. The van der Waals surface area contributed by atoms with E-state index in [1.165, 1.54) is 17.7 Å². The summed E-state index contributed by atoms with van der Waals surface area (Å²) in [6, 6.07) is 13.7. The first-order valence-electron chi connectivity index (χ1n) is 7.39. The summed E-state index contributed by atoms with van der Waals surface area (Å²) in [5.74, 6) is 0.608. The molecule has 0 radical (unpaired) electrons. The number of para-hydroxylation sites is 1. The first-order valence-corrected chi connectivity index (χ1v) is 8.27. The lowest BCUT2D eigenvalue weighted by Crippen LogP contribution is -2.39. The number of hydrogen-bond acceptors (Lipinski definition) is 3. The monoisotopic (exact) mass is 301 g/mol. The number of hydrogen-bond donors (Lipinski definition) is 0. The summed E-state index contributed by atoms with van der Waals surface area (Å²) < 4.78 is 5.53. The van der Waals surface area contributed by atoms with E-state index in [9.17, 15) is 4.79 Å². The van der Waals surface area contributed by atoms with Gasteiger partial charge >= 0.3 is 6.09 Å². The van der Waals surface area contributed by atoms with Gasteiger partial charge in [0.1, 0.15) is 5.75 Å². The molecule has 2 aromatic rings. The molecule has 4 heteroatoms. The highest BCUT2D eigenvalue weighted by atomic mass is 32.1. The average molecular weight is 301 g/mol. The van der Waals surface area contributed by atoms with Crippen LogP contribution in [0.1, 0.15) is 30.6 Å². The van der Waals surface area contributed by atoms with E-state index in [0.717, 1.165) is 12.8 Å². The number of rotatable bonds is 4. The summed E-state index contributed by atoms with van der Waals surface area (Å²) in [6.07, 6.45) is 4.32. The highest BCUT2D eigenvalue weighted by molar-refractivity contribution is 7.09. The van der Waals surface area contributed by atoms with Gasteiger partial charge in [0.15, 0.2) is 0 Å². The Morgan fingerprint density at radius 3 is 2.57 bits per heavy atom. The molecule has 1 aromatic carbocycles. The molecule has 1 fully saturated rings. The highest BCUT2D eigenvalue weighted by Crippen LogP contribution is 2.27. The zero-order valence-electron chi connectivity index (χ0n) is 11.9. The molecule has 0 unspecified atom stereocenters. The molecule has 110 valence electrons. The van der Waals surface area contributed by atoms with Crippen LogP contribution < -0.4 is 4.74 Å². The number of carbonyl (C=O) groups is 1. The molecule has 1 aromatic heterocycles. The van der Waals surface area contributed by atoms with Crippen LogP contribution in [0.15, 0.2) is 47.8 Å². The average Bonchev–Trinajstić information content (AvgIpc) is 3.19. The highest BCUT2D eigenvalue weighted by Gasteiger charge is 2.28. The molecule has 0 N–H and O–H groups in total. The summed E-state index contributed by atoms with van der Waals surface area (Å²) in [5.41, 5.74) is 0. The molecule has 3 rings (SSSR count). The number of thiophene rings is 1. The number of amides is 1. The van der Waals surface area contributed by atoms with Crippen molar-refractivity contribution < 1.29 is 9.53 Å². The van der Waals surface area contributed by atoms with Gasteiger partial charge in [0, 0.05) is 10.9 Å². The standard InChI is InChI=1S/C17H19NO2S/c19-17(20-15-9-2-1-3-10-15)18(14-7-4-5-8-14)13-16-11-6-12-21-16/h1-3,6,9-12,14H,4-5,7-8,13H2. The first-order chi connectivity index (χ1) is 10.3. The van der Waals surface area contributed by atoms with Crippen LogP contribution in [-0.2, 0) is 6.54 Å². The van der Waals surface area contributed by atoms with Gasteiger partial charge in [-0.15, -0.1) is 11.3 Å². The summed E-state index contributed by atoms with van der Waals surface area (Å²) in [7, 11) is 0. The van der Waals surface area contributed by atoms with Gasteiger partial charge in [-0.25, -0.2) is 4.79 Å². The number of benzene rings is 1. The van der Waals surface area contributed by atoms with Crippen molar-refractivity contribution in [3.63, 3.8) is 0 Å². The van der Waals surface area contributed by atoms with Crippen LogP contribution in [-0.4, -0.2) is 17.0 Å². The molecule has 0 aliphatic heterocycles. The van der Waals surface area contributed by atoms with Crippen LogP contribution in [0, 0.1) is 0 Å². The van der Waals surface area contributed by atoms with Crippen molar-refractivity contribution in [1.82, 2.24) is 4.90 Å². The molecule has 21 heavy (non-hydrogen) atoms. The number of ether oxygens (including phenoxy) is 1. The lowest BCUT2D eigenvalue weighted by Gasteiger charge is -2.27. The minimum Gasteiger partial charge on any atom is -0.410 e. The predicted molar refractivity (Wildman–Crippen MR) is 84.6 cm³/mol. The van der Waals surface area contributed by atoms with Crippen molar-refractivity contribution >= 4 is 17.4 Å². The molecule has 3 nitrogen and oxygen atoms in total. The second kappa shape index (κ2) is 6.76. The zero-order chi connectivity index (χ0) is 14.5. The maximum absolute atomic E-state index is 12.5. The Morgan fingerprint density at radius 1 is 1.14 bits per heavy atom. The van der Waals surface area contributed by atoms with E-state index in [4.69, 9.17) is 4.74 Å². The molecule has 1 amide bonds. The molecule has 1 aliphatic carbocycles. The molecule has 1 heterocycles. The molecule has 0 saturated heterocycles. The third-order valence-electron chi connectivity index (χ3n) is 3.85. The van der Waals surface area contributed by atoms with E-state index in [1.807, 2.05) is 46.7 Å². The molecule has 0 bridgehead atoms.